The second-order valence-electron chi connectivity index (χ2n) is 8.30. The third-order valence-electron chi connectivity index (χ3n) is 5.69. The second kappa shape index (κ2) is 11.9. The standard InChI is InChI=1S/C26H26F3N3O4S/c1-30-26(34)24(14-18-8-4-3-5-9-18)31(16-19-10-6-7-11-21(19)27)25(33)17-32(37(2,35)36)20-12-13-22(28)23(29)15-20/h3-13,15,24H,14,16-17H2,1-2H3,(H,30,34)/t24-/m1/s1. The van der Waals surface area contributed by atoms with Gasteiger partial charge in [0.15, 0.2) is 11.6 Å². The van der Waals surface area contributed by atoms with Crippen LogP contribution in [0.4, 0.5) is 18.9 Å². The number of carbonyl (C=O) groups is 2. The van der Waals surface area contributed by atoms with Crippen LogP contribution in [0.2, 0.25) is 0 Å². The molecule has 2 amide bonds. The van der Waals surface area contributed by atoms with Crippen molar-refractivity contribution in [3.05, 3.63) is 101 Å². The lowest BCUT2D eigenvalue weighted by Crippen LogP contribution is -2.53. The van der Waals surface area contributed by atoms with Crippen molar-refractivity contribution in [2.24, 2.45) is 0 Å². The van der Waals surface area contributed by atoms with Crippen LogP contribution in [0.15, 0.2) is 72.8 Å². The van der Waals surface area contributed by atoms with Crippen LogP contribution in [0.25, 0.3) is 0 Å². The normalized spacial score (nSPS) is 12.0. The fourth-order valence-corrected chi connectivity index (χ4v) is 4.63. The molecule has 0 aliphatic heterocycles. The number of sulfonamides is 1. The van der Waals surface area contributed by atoms with Crippen molar-refractivity contribution < 1.29 is 31.2 Å². The van der Waals surface area contributed by atoms with Gasteiger partial charge in [0.25, 0.3) is 0 Å². The van der Waals surface area contributed by atoms with Crippen LogP contribution in [0.1, 0.15) is 11.1 Å². The number of hydrogen-bond donors (Lipinski definition) is 1. The Balaban J connectivity index is 2.05. The maximum atomic E-state index is 14.6. The Hall–Kier alpha value is -3.86. The summed E-state index contributed by atoms with van der Waals surface area (Å²) in [5.41, 5.74) is 0.541. The topological polar surface area (TPSA) is 86.8 Å². The summed E-state index contributed by atoms with van der Waals surface area (Å²) >= 11 is 0. The molecule has 3 aromatic carbocycles. The van der Waals surface area contributed by atoms with Gasteiger partial charge in [0.1, 0.15) is 18.4 Å². The van der Waals surface area contributed by atoms with E-state index < -0.39 is 51.9 Å². The molecular formula is C26H26F3N3O4S. The van der Waals surface area contributed by atoms with Crippen molar-refractivity contribution in [2.75, 3.05) is 24.2 Å². The molecule has 7 nitrogen and oxygen atoms in total. The van der Waals surface area contributed by atoms with E-state index in [1.54, 1.807) is 36.4 Å². The van der Waals surface area contributed by atoms with Crippen molar-refractivity contribution >= 4 is 27.5 Å². The molecule has 0 fully saturated rings. The molecule has 0 heterocycles. The number of halogens is 3. The van der Waals surface area contributed by atoms with Crippen LogP contribution in [0.3, 0.4) is 0 Å². The molecule has 1 N–H and O–H groups in total. The first kappa shape index (κ1) is 27.7. The average molecular weight is 534 g/mol. The summed E-state index contributed by atoms with van der Waals surface area (Å²) in [7, 11) is -2.76. The third kappa shape index (κ3) is 7.10. The van der Waals surface area contributed by atoms with Crippen LogP contribution in [0.5, 0.6) is 0 Å². The number of carbonyl (C=O) groups excluding carboxylic acids is 2. The summed E-state index contributed by atoms with van der Waals surface area (Å²) < 4.78 is 67.6. The van der Waals surface area contributed by atoms with E-state index in [4.69, 9.17) is 0 Å². The van der Waals surface area contributed by atoms with E-state index in [-0.39, 0.29) is 24.2 Å². The minimum absolute atomic E-state index is 0.0603. The van der Waals surface area contributed by atoms with Crippen molar-refractivity contribution in [3.8, 4) is 0 Å². The molecule has 11 heteroatoms. The van der Waals surface area contributed by atoms with E-state index in [1.807, 2.05) is 0 Å². The highest BCUT2D eigenvalue weighted by atomic mass is 32.2. The molecule has 0 unspecified atom stereocenters. The summed E-state index contributed by atoms with van der Waals surface area (Å²) in [4.78, 5) is 27.7. The number of rotatable bonds is 10. The molecular weight excluding hydrogens is 507 g/mol. The molecule has 0 saturated carbocycles. The Kier molecular flexibility index (Phi) is 8.93. The van der Waals surface area contributed by atoms with E-state index in [0.717, 1.165) is 23.3 Å². The fraction of sp³-hybridized carbons (Fsp3) is 0.231. The molecule has 0 saturated heterocycles. The van der Waals surface area contributed by atoms with Gasteiger partial charge in [-0.25, -0.2) is 21.6 Å². The maximum absolute atomic E-state index is 14.6. The van der Waals surface area contributed by atoms with Crippen LogP contribution in [-0.2, 0) is 32.6 Å². The van der Waals surface area contributed by atoms with Crippen LogP contribution in [-0.4, -0.2) is 51.0 Å². The Morgan fingerprint density at radius 3 is 2.14 bits per heavy atom. The maximum Gasteiger partial charge on any atom is 0.244 e. The third-order valence-corrected chi connectivity index (χ3v) is 6.83. The highest BCUT2D eigenvalue weighted by Crippen LogP contribution is 2.22. The van der Waals surface area contributed by atoms with Crippen molar-refractivity contribution in [1.82, 2.24) is 10.2 Å². The Bertz CT molecular complexity index is 1370. The van der Waals surface area contributed by atoms with Gasteiger partial charge in [0, 0.05) is 31.6 Å². The molecule has 0 radical (unpaired) electrons. The summed E-state index contributed by atoms with van der Waals surface area (Å²) in [6.45, 7) is -1.17. The number of benzene rings is 3. The van der Waals surface area contributed by atoms with Crippen molar-refractivity contribution in [3.63, 3.8) is 0 Å². The zero-order valence-corrected chi connectivity index (χ0v) is 21.0. The van der Waals surface area contributed by atoms with Gasteiger partial charge in [0.2, 0.25) is 21.8 Å². The lowest BCUT2D eigenvalue weighted by Gasteiger charge is -2.33. The summed E-state index contributed by atoms with van der Waals surface area (Å²) in [6.07, 6.45) is 0.869. The average Bonchev–Trinajstić information content (AvgIpc) is 2.86. The highest BCUT2D eigenvalue weighted by molar-refractivity contribution is 7.92. The fourth-order valence-electron chi connectivity index (χ4n) is 3.78. The monoisotopic (exact) mass is 533 g/mol. The molecule has 0 aromatic heterocycles. The predicted octanol–water partition coefficient (Wildman–Crippen LogP) is 3.26. The minimum atomic E-state index is -4.15. The number of likely N-dealkylation sites (N-methyl/N-ethyl adjacent to an activating group) is 1. The van der Waals surface area contributed by atoms with E-state index in [1.165, 1.54) is 25.2 Å². The van der Waals surface area contributed by atoms with Gasteiger partial charge in [-0.15, -0.1) is 0 Å². The first-order valence-electron chi connectivity index (χ1n) is 11.2. The number of anilines is 1. The smallest absolute Gasteiger partial charge is 0.244 e. The quantitative estimate of drug-likeness (QED) is 0.434. The number of nitrogens with zero attached hydrogens (tertiary/aromatic N) is 2. The SMILES string of the molecule is CNC(=O)[C@@H](Cc1ccccc1)N(Cc1ccccc1F)C(=O)CN(c1ccc(F)c(F)c1)S(C)(=O)=O. The molecule has 1 atom stereocenters. The van der Waals surface area contributed by atoms with Crippen LogP contribution >= 0.6 is 0 Å². The molecule has 0 bridgehead atoms. The first-order chi connectivity index (χ1) is 17.5. The zero-order valence-electron chi connectivity index (χ0n) is 20.2. The second-order valence-corrected chi connectivity index (χ2v) is 10.2. The number of nitrogens with one attached hydrogen (secondary N) is 1. The van der Waals surface area contributed by atoms with Gasteiger partial charge < -0.3 is 10.2 Å². The first-order valence-corrected chi connectivity index (χ1v) is 13.1. The van der Waals surface area contributed by atoms with E-state index in [2.05, 4.69) is 5.32 Å². The van der Waals surface area contributed by atoms with Crippen LogP contribution in [0, 0.1) is 17.5 Å². The summed E-state index contributed by atoms with van der Waals surface area (Å²) in [5.74, 6) is -4.49. The van der Waals surface area contributed by atoms with E-state index in [0.29, 0.717) is 15.9 Å². The van der Waals surface area contributed by atoms with Gasteiger partial charge in [-0.2, -0.15) is 0 Å². The molecule has 196 valence electrons. The van der Waals surface area contributed by atoms with Crippen molar-refractivity contribution in [2.45, 2.75) is 19.0 Å². The largest absolute Gasteiger partial charge is 0.357 e. The molecule has 3 aromatic rings. The van der Waals surface area contributed by atoms with Gasteiger partial charge in [0.05, 0.1) is 11.9 Å². The summed E-state index contributed by atoms with van der Waals surface area (Å²) in [6, 6.07) is 15.8. The molecule has 37 heavy (non-hydrogen) atoms. The molecule has 0 aliphatic rings. The Labute approximate surface area is 213 Å². The minimum Gasteiger partial charge on any atom is -0.357 e. The summed E-state index contributed by atoms with van der Waals surface area (Å²) in [5, 5.41) is 2.50. The lowest BCUT2D eigenvalue weighted by atomic mass is 10.0. The number of hydrogen-bond acceptors (Lipinski definition) is 4. The molecule has 0 aliphatic carbocycles. The molecule has 0 spiro atoms. The number of amides is 2. The Morgan fingerprint density at radius 1 is 0.892 bits per heavy atom. The Morgan fingerprint density at radius 2 is 1.54 bits per heavy atom. The lowest BCUT2D eigenvalue weighted by molar-refractivity contribution is -0.139. The van der Waals surface area contributed by atoms with Crippen molar-refractivity contribution in [1.29, 1.82) is 0 Å². The van der Waals surface area contributed by atoms with Gasteiger partial charge in [-0.1, -0.05) is 48.5 Å². The molecule has 3 rings (SSSR count). The van der Waals surface area contributed by atoms with E-state index >= 15 is 0 Å². The highest BCUT2D eigenvalue weighted by Gasteiger charge is 2.33. The predicted molar refractivity (Wildman–Crippen MR) is 133 cm³/mol. The van der Waals surface area contributed by atoms with Gasteiger partial charge >= 0.3 is 0 Å². The van der Waals surface area contributed by atoms with E-state index in [9.17, 15) is 31.2 Å². The van der Waals surface area contributed by atoms with Gasteiger partial charge in [-0.05, 0) is 23.8 Å². The van der Waals surface area contributed by atoms with Crippen LogP contribution < -0.4 is 9.62 Å². The zero-order chi connectivity index (χ0) is 27.2. The van der Waals surface area contributed by atoms with Gasteiger partial charge in [-0.3, -0.25) is 13.9 Å².